The summed E-state index contributed by atoms with van der Waals surface area (Å²) >= 11 is 0. The van der Waals surface area contributed by atoms with Crippen molar-refractivity contribution in [2.24, 2.45) is 5.73 Å². The first-order valence-corrected chi connectivity index (χ1v) is 7.13. The van der Waals surface area contributed by atoms with Gasteiger partial charge in [0.15, 0.2) is 0 Å². The van der Waals surface area contributed by atoms with Gasteiger partial charge in [-0.1, -0.05) is 50.2 Å². The molecular formula is C18H21NO. The molecule has 1 unspecified atom stereocenters. The van der Waals surface area contributed by atoms with Crippen molar-refractivity contribution in [3.8, 4) is 5.75 Å². The molecule has 0 fully saturated rings. The molecule has 1 aliphatic rings. The fourth-order valence-electron chi connectivity index (χ4n) is 2.75. The molecule has 0 saturated heterocycles. The Labute approximate surface area is 120 Å². The molecule has 0 amide bonds. The molecular weight excluding hydrogens is 246 g/mol. The van der Waals surface area contributed by atoms with Gasteiger partial charge in [0.1, 0.15) is 5.75 Å². The van der Waals surface area contributed by atoms with Gasteiger partial charge in [0.25, 0.3) is 0 Å². The van der Waals surface area contributed by atoms with Gasteiger partial charge in [0.2, 0.25) is 0 Å². The van der Waals surface area contributed by atoms with Crippen molar-refractivity contribution >= 4 is 0 Å². The highest BCUT2D eigenvalue weighted by Crippen LogP contribution is 2.39. The number of hydrogen-bond donors (Lipinski definition) is 1. The van der Waals surface area contributed by atoms with Crippen LogP contribution in [0.2, 0.25) is 0 Å². The number of nitrogens with two attached hydrogens (primary N) is 1. The van der Waals surface area contributed by atoms with Crippen LogP contribution in [-0.2, 0) is 11.8 Å². The average molecular weight is 267 g/mol. The third-order valence-electron chi connectivity index (χ3n) is 4.05. The maximum atomic E-state index is 6.37. The normalized spacial score (nSPS) is 17.4. The van der Waals surface area contributed by atoms with Crippen LogP contribution in [-0.4, -0.2) is 6.61 Å². The van der Waals surface area contributed by atoms with E-state index in [9.17, 15) is 0 Å². The Balaban J connectivity index is 1.85. The topological polar surface area (TPSA) is 35.2 Å². The molecule has 20 heavy (non-hydrogen) atoms. The highest BCUT2D eigenvalue weighted by atomic mass is 16.5. The van der Waals surface area contributed by atoms with Gasteiger partial charge in [-0.15, -0.1) is 0 Å². The lowest BCUT2D eigenvalue weighted by Crippen LogP contribution is -2.19. The summed E-state index contributed by atoms with van der Waals surface area (Å²) in [6, 6.07) is 16.8. The Bertz CT molecular complexity index is 604. The summed E-state index contributed by atoms with van der Waals surface area (Å²) in [5.41, 5.74) is 10.2. The summed E-state index contributed by atoms with van der Waals surface area (Å²) in [7, 11) is 0. The van der Waals surface area contributed by atoms with Crippen LogP contribution in [0.3, 0.4) is 0 Å². The third-order valence-corrected chi connectivity index (χ3v) is 4.05. The molecule has 0 aromatic heterocycles. The van der Waals surface area contributed by atoms with Gasteiger partial charge in [-0.05, 0) is 29.7 Å². The Morgan fingerprint density at radius 3 is 2.65 bits per heavy atom. The molecule has 0 bridgehead atoms. The summed E-state index contributed by atoms with van der Waals surface area (Å²) in [4.78, 5) is 0. The zero-order valence-electron chi connectivity index (χ0n) is 12.1. The predicted molar refractivity (Wildman–Crippen MR) is 82.0 cm³/mol. The molecule has 0 spiro atoms. The summed E-state index contributed by atoms with van der Waals surface area (Å²) in [6.45, 7) is 5.18. The average Bonchev–Trinajstić information content (AvgIpc) is 2.75. The van der Waals surface area contributed by atoms with E-state index in [1.807, 2.05) is 6.07 Å². The van der Waals surface area contributed by atoms with Gasteiger partial charge in [-0.25, -0.2) is 0 Å². The lowest BCUT2D eigenvalue weighted by atomic mass is 9.85. The molecule has 104 valence electrons. The van der Waals surface area contributed by atoms with E-state index >= 15 is 0 Å². The smallest absolute Gasteiger partial charge is 0.123 e. The van der Waals surface area contributed by atoms with Crippen molar-refractivity contribution < 1.29 is 4.74 Å². The summed E-state index contributed by atoms with van der Waals surface area (Å²) < 4.78 is 5.73. The van der Waals surface area contributed by atoms with Crippen LogP contribution in [0.25, 0.3) is 0 Å². The molecule has 3 rings (SSSR count). The Morgan fingerprint density at radius 2 is 1.90 bits per heavy atom. The second kappa shape index (κ2) is 4.95. The predicted octanol–water partition coefficient (Wildman–Crippen LogP) is 3.60. The van der Waals surface area contributed by atoms with Crippen LogP contribution in [0.5, 0.6) is 5.75 Å². The molecule has 2 N–H and O–H groups in total. The quantitative estimate of drug-likeness (QED) is 0.922. The molecule has 0 saturated carbocycles. The van der Waals surface area contributed by atoms with E-state index in [0.29, 0.717) is 0 Å². The van der Waals surface area contributed by atoms with E-state index in [2.05, 4.69) is 56.3 Å². The first kappa shape index (κ1) is 13.2. The molecule has 2 nitrogen and oxygen atoms in total. The SMILES string of the molecule is CC1(C)COc2ccc(C(N)Cc3ccccc3)cc21. The van der Waals surface area contributed by atoms with Crippen LogP contribution >= 0.6 is 0 Å². The van der Waals surface area contributed by atoms with E-state index in [1.54, 1.807) is 0 Å². The minimum absolute atomic E-state index is 0.0269. The van der Waals surface area contributed by atoms with Crippen LogP contribution in [0.15, 0.2) is 48.5 Å². The molecule has 1 atom stereocenters. The van der Waals surface area contributed by atoms with Crippen molar-refractivity contribution in [3.05, 3.63) is 65.2 Å². The van der Waals surface area contributed by atoms with E-state index in [1.165, 1.54) is 16.7 Å². The fraction of sp³-hybridized carbons (Fsp3) is 0.333. The highest BCUT2D eigenvalue weighted by Gasteiger charge is 2.32. The van der Waals surface area contributed by atoms with Crippen molar-refractivity contribution in [1.82, 2.24) is 0 Å². The van der Waals surface area contributed by atoms with Crippen LogP contribution < -0.4 is 10.5 Å². The van der Waals surface area contributed by atoms with E-state index < -0.39 is 0 Å². The summed E-state index contributed by atoms with van der Waals surface area (Å²) in [5.74, 6) is 1.01. The molecule has 2 heteroatoms. The minimum atomic E-state index is 0.0269. The van der Waals surface area contributed by atoms with E-state index in [-0.39, 0.29) is 11.5 Å². The zero-order chi connectivity index (χ0) is 14.2. The van der Waals surface area contributed by atoms with Gasteiger partial charge >= 0.3 is 0 Å². The summed E-state index contributed by atoms with van der Waals surface area (Å²) in [5, 5.41) is 0. The second-order valence-electron chi connectivity index (χ2n) is 6.22. The zero-order valence-corrected chi connectivity index (χ0v) is 12.1. The van der Waals surface area contributed by atoms with Gasteiger partial charge < -0.3 is 10.5 Å². The van der Waals surface area contributed by atoms with E-state index in [4.69, 9.17) is 10.5 Å². The maximum absolute atomic E-state index is 6.37. The van der Waals surface area contributed by atoms with Crippen LogP contribution in [0.1, 0.15) is 36.6 Å². The first-order chi connectivity index (χ1) is 9.56. The molecule has 0 aliphatic carbocycles. The molecule has 1 heterocycles. The molecule has 1 aliphatic heterocycles. The van der Waals surface area contributed by atoms with Crippen molar-refractivity contribution in [2.45, 2.75) is 31.7 Å². The van der Waals surface area contributed by atoms with Crippen LogP contribution in [0.4, 0.5) is 0 Å². The molecule has 2 aromatic carbocycles. The maximum Gasteiger partial charge on any atom is 0.123 e. The number of ether oxygens (including phenoxy) is 1. The number of benzene rings is 2. The van der Waals surface area contributed by atoms with Crippen LogP contribution in [0, 0.1) is 0 Å². The van der Waals surface area contributed by atoms with Crippen molar-refractivity contribution in [2.75, 3.05) is 6.61 Å². The standard InChI is InChI=1S/C18H21NO/c1-18(2)12-20-17-9-8-14(11-15(17)18)16(19)10-13-6-4-3-5-7-13/h3-9,11,16H,10,12,19H2,1-2H3. The molecule has 2 aromatic rings. The minimum Gasteiger partial charge on any atom is -0.492 e. The van der Waals surface area contributed by atoms with Gasteiger partial charge in [-0.3, -0.25) is 0 Å². The lowest BCUT2D eigenvalue weighted by molar-refractivity contribution is 0.291. The highest BCUT2D eigenvalue weighted by molar-refractivity contribution is 5.46. The Morgan fingerprint density at radius 1 is 1.15 bits per heavy atom. The number of hydrogen-bond acceptors (Lipinski definition) is 2. The molecule has 0 radical (unpaired) electrons. The lowest BCUT2D eigenvalue weighted by Gasteiger charge is -2.18. The second-order valence-corrected chi connectivity index (χ2v) is 6.22. The van der Waals surface area contributed by atoms with E-state index in [0.717, 1.165) is 18.8 Å². The Kier molecular flexibility index (Phi) is 3.27. The largest absolute Gasteiger partial charge is 0.492 e. The summed E-state index contributed by atoms with van der Waals surface area (Å²) in [6.07, 6.45) is 0.862. The van der Waals surface area contributed by atoms with Gasteiger partial charge in [-0.2, -0.15) is 0 Å². The van der Waals surface area contributed by atoms with Gasteiger partial charge in [0, 0.05) is 17.0 Å². The third kappa shape index (κ3) is 2.44. The van der Waals surface area contributed by atoms with Gasteiger partial charge in [0.05, 0.1) is 6.61 Å². The first-order valence-electron chi connectivity index (χ1n) is 7.13. The van der Waals surface area contributed by atoms with Crippen molar-refractivity contribution in [3.63, 3.8) is 0 Å². The number of rotatable bonds is 3. The van der Waals surface area contributed by atoms with Crippen molar-refractivity contribution in [1.29, 1.82) is 0 Å². The number of fused-ring (bicyclic) bond motifs is 1. The Hall–Kier alpha value is -1.80. The monoisotopic (exact) mass is 267 g/mol. The fourth-order valence-corrected chi connectivity index (χ4v) is 2.75.